The molecule has 3 N–H and O–H groups in total. The molecule has 7 heteroatoms. The summed E-state index contributed by atoms with van der Waals surface area (Å²) in [4.78, 5) is 11.5. The second-order valence-electron chi connectivity index (χ2n) is 3.61. The van der Waals surface area contributed by atoms with Crippen LogP contribution in [-0.4, -0.2) is 4.92 Å². The highest BCUT2D eigenvalue weighted by molar-refractivity contribution is 7.99. The van der Waals surface area contributed by atoms with E-state index in [1.807, 2.05) is 0 Å². The first kappa shape index (κ1) is 13.3. The van der Waals surface area contributed by atoms with Crippen LogP contribution in [0.5, 0.6) is 0 Å². The standard InChI is InChI=1S/C12H10FN3O2S/c13-8-3-1-4-9(7-8)19-11-6-2-5-10(15-14)12(11)16(17)18/h1-7,15H,14H2. The highest BCUT2D eigenvalue weighted by atomic mass is 32.2. The fourth-order valence-electron chi connectivity index (χ4n) is 1.57. The SMILES string of the molecule is NNc1cccc(Sc2cccc(F)c2)c1[N+](=O)[O-]. The normalized spacial score (nSPS) is 10.2. The first-order valence-corrected chi connectivity index (χ1v) is 6.11. The Labute approximate surface area is 112 Å². The van der Waals surface area contributed by atoms with Crippen LogP contribution in [0.1, 0.15) is 0 Å². The van der Waals surface area contributed by atoms with Gasteiger partial charge >= 0.3 is 5.69 Å². The minimum absolute atomic E-state index is 0.126. The van der Waals surface area contributed by atoms with Crippen LogP contribution in [0.3, 0.4) is 0 Å². The van der Waals surface area contributed by atoms with Gasteiger partial charge in [-0.05, 0) is 30.3 Å². The quantitative estimate of drug-likeness (QED) is 0.510. The molecule has 5 nitrogen and oxygen atoms in total. The van der Waals surface area contributed by atoms with Crippen LogP contribution in [-0.2, 0) is 0 Å². The van der Waals surface area contributed by atoms with Crippen molar-refractivity contribution in [1.29, 1.82) is 0 Å². The molecule has 0 aliphatic carbocycles. The Hall–Kier alpha value is -2.12. The molecule has 0 radical (unpaired) electrons. The maximum Gasteiger partial charge on any atom is 0.307 e. The number of nitrogens with one attached hydrogen (secondary N) is 1. The first-order chi connectivity index (χ1) is 9.11. The third-order valence-electron chi connectivity index (χ3n) is 2.36. The van der Waals surface area contributed by atoms with Crippen LogP contribution in [0.15, 0.2) is 52.3 Å². The van der Waals surface area contributed by atoms with E-state index in [9.17, 15) is 14.5 Å². The van der Waals surface area contributed by atoms with Gasteiger partial charge < -0.3 is 5.43 Å². The molecule has 2 rings (SSSR count). The van der Waals surface area contributed by atoms with Crippen molar-refractivity contribution in [2.45, 2.75) is 9.79 Å². The number of nitrogen functional groups attached to an aromatic ring is 1. The molecular weight excluding hydrogens is 269 g/mol. The maximum atomic E-state index is 13.1. The van der Waals surface area contributed by atoms with Gasteiger partial charge in [0.05, 0.1) is 9.82 Å². The lowest BCUT2D eigenvalue weighted by Crippen LogP contribution is -2.09. The van der Waals surface area contributed by atoms with Crippen LogP contribution in [0, 0.1) is 15.9 Å². The Morgan fingerprint density at radius 1 is 1.26 bits per heavy atom. The number of benzene rings is 2. The molecule has 0 saturated heterocycles. The van der Waals surface area contributed by atoms with E-state index < -0.39 is 4.92 Å². The van der Waals surface area contributed by atoms with Gasteiger partial charge in [-0.25, -0.2) is 4.39 Å². The topological polar surface area (TPSA) is 81.2 Å². The van der Waals surface area contributed by atoms with Crippen molar-refractivity contribution < 1.29 is 9.31 Å². The summed E-state index contributed by atoms with van der Waals surface area (Å²) in [5.41, 5.74) is 2.37. The molecule has 0 aliphatic heterocycles. The van der Waals surface area contributed by atoms with Crippen LogP contribution in [0.2, 0.25) is 0 Å². The summed E-state index contributed by atoms with van der Waals surface area (Å²) >= 11 is 1.11. The Bertz CT molecular complexity index is 622. The van der Waals surface area contributed by atoms with Gasteiger partial charge in [-0.2, -0.15) is 0 Å². The van der Waals surface area contributed by atoms with E-state index in [1.54, 1.807) is 24.3 Å². The number of halogens is 1. The van der Waals surface area contributed by atoms with Gasteiger partial charge in [0, 0.05) is 4.90 Å². The van der Waals surface area contributed by atoms with Crippen LogP contribution < -0.4 is 11.3 Å². The van der Waals surface area contributed by atoms with E-state index in [4.69, 9.17) is 5.84 Å². The predicted octanol–water partition coefficient (Wildman–Crippen LogP) is 3.17. The van der Waals surface area contributed by atoms with Crippen molar-refractivity contribution in [1.82, 2.24) is 0 Å². The maximum absolute atomic E-state index is 13.1. The summed E-state index contributed by atoms with van der Waals surface area (Å²) in [5, 5.41) is 11.1. The molecule has 2 aromatic carbocycles. The molecule has 0 amide bonds. The zero-order chi connectivity index (χ0) is 13.8. The Balaban J connectivity index is 2.42. The molecule has 0 spiro atoms. The van der Waals surface area contributed by atoms with E-state index >= 15 is 0 Å². The van der Waals surface area contributed by atoms with E-state index in [1.165, 1.54) is 18.2 Å². The summed E-state index contributed by atoms with van der Waals surface area (Å²) in [6.45, 7) is 0. The van der Waals surface area contributed by atoms with Crippen molar-refractivity contribution in [3.8, 4) is 0 Å². The molecule has 98 valence electrons. The fourth-order valence-corrected chi connectivity index (χ4v) is 2.57. The van der Waals surface area contributed by atoms with Crippen molar-refractivity contribution in [3.63, 3.8) is 0 Å². The van der Waals surface area contributed by atoms with E-state index in [0.717, 1.165) is 11.8 Å². The van der Waals surface area contributed by atoms with Gasteiger partial charge in [-0.1, -0.05) is 23.9 Å². The van der Waals surface area contributed by atoms with Crippen LogP contribution in [0.25, 0.3) is 0 Å². The van der Waals surface area contributed by atoms with Crippen molar-refractivity contribution in [2.75, 3.05) is 5.43 Å². The summed E-state index contributed by atoms with van der Waals surface area (Å²) < 4.78 is 13.1. The molecule has 0 unspecified atom stereocenters. The predicted molar refractivity (Wildman–Crippen MR) is 71.4 cm³/mol. The second kappa shape index (κ2) is 5.68. The number of nitrogens with two attached hydrogens (primary N) is 1. The van der Waals surface area contributed by atoms with Gasteiger partial charge in [0.1, 0.15) is 11.5 Å². The lowest BCUT2D eigenvalue weighted by molar-refractivity contribution is -0.386. The summed E-state index contributed by atoms with van der Waals surface area (Å²) in [5.74, 6) is 4.86. The zero-order valence-corrected chi connectivity index (χ0v) is 10.5. The van der Waals surface area contributed by atoms with E-state index in [-0.39, 0.29) is 17.2 Å². The lowest BCUT2D eigenvalue weighted by Gasteiger charge is -2.07. The number of anilines is 1. The minimum Gasteiger partial charge on any atom is -0.318 e. The number of rotatable bonds is 4. The molecule has 0 heterocycles. The third kappa shape index (κ3) is 3.01. The van der Waals surface area contributed by atoms with Gasteiger partial charge in [-0.3, -0.25) is 16.0 Å². The first-order valence-electron chi connectivity index (χ1n) is 5.29. The molecule has 0 aromatic heterocycles. The number of hydrogen-bond donors (Lipinski definition) is 2. The van der Waals surface area contributed by atoms with Crippen LogP contribution >= 0.6 is 11.8 Å². The molecule has 0 atom stereocenters. The van der Waals surface area contributed by atoms with Crippen molar-refractivity contribution in [3.05, 3.63) is 58.4 Å². The molecule has 0 fully saturated rings. The summed E-state index contributed by atoms with van der Waals surface area (Å²) in [6, 6.07) is 10.6. The van der Waals surface area contributed by atoms with Gasteiger partial charge in [-0.15, -0.1) is 0 Å². The van der Waals surface area contributed by atoms with E-state index in [2.05, 4.69) is 5.43 Å². The molecule has 0 saturated carbocycles. The monoisotopic (exact) mass is 279 g/mol. The third-order valence-corrected chi connectivity index (χ3v) is 3.40. The molecule has 0 bridgehead atoms. The largest absolute Gasteiger partial charge is 0.318 e. The summed E-state index contributed by atoms with van der Waals surface area (Å²) in [7, 11) is 0. The zero-order valence-electron chi connectivity index (χ0n) is 9.67. The smallest absolute Gasteiger partial charge is 0.307 e. The highest BCUT2D eigenvalue weighted by Crippen LogP contribution is 2.38. The van der Waals surface area contributed by atoms with Crippen molar-refractivity contribution >= 4 is 23.1 Å². The number of hydrogen-bond acceptors (Lipinski definition) is 5. The van der Waals surface area contributed by atoms with Crippen molar-refractivity contribution in [2.24, 2.45) is 5.84 Å². The van der Waals surface area contributed by atoms with Gasteiger partial charge in [0.15, 0.2) is 0 Å². The van der Waals surface area contributed by atoms with E-state index in [0.29, 0.717) is 9.79 Å². The number of nitrogens with zero attached hydrogens (tertiary/aromatic N) is 1. The number of hydrazine groups is 1. The average Bonchev–Trinajstić information content (AvgIpc) is 2.38. The summed E-state index contributed by atoms with van der Waals surface area (Å²) in [6.07, 6.45) is 0. The Morgan fingerprint density at radius 3 is 2.63 bits per heavy atom. The molecular formula is C12H10FN3O2S. The molecule has 2 aromatic rings. The average molecular weight is 279 g/mol. The fraction of sp³-hybridized carbons (Fsp3) is 0. The van der Waals surface area contributed by atoms with Gasteiger partial charge in [0.2, 0.25) is 0 Å². The molecule has 0 aliphatic rings. The highest BCUT2D eigenvalue weighted by Gasteiger charge is 2.19. The number of nitro benzene ring substituents is 1. The van der Waals surface area contributed by atoms with Crippen LogP contribution in [0.4, 0.5) is 15.8 Å². The van der Waals surface area contributed by atoms with Gasteiger partial charge in [0.25, 0.3) is 0 Å². The number of nitro groups is 1. The minimum atomic E-state index is -0.517. The second-order valence-corrected chi connectivity index (χ2v) is 4.73. The number of para-hydroxylation sites is 1. The molecule has 19 heavy (non-hydrogen) atoms. The Kier molecular flexibility index (Phi) is 3.98. The Morgan fingerprint density at radius 2 is 2.00 bits per heavy atom. The lowest BCUT2D eigenvalue weighted by atomic mass is 10.3.